The van der Waals surface area contributed by atoms with Crippen LogP contribution in [0.1, 0.15) is 41.6 Å². The van der Waals surface area contributed by atoms with Crippen molar-refractivity contribution in [3.63, 3.8) is 0 Å². The third kappa shape index (κ3) is 5.16. The molecule has 0 saturated heterocycles. The minimum absolute atomic E-state index is 0.0237. The molecule has 1 aliphatic rings. The summed E-state index contributed by atoms with van der Waals surface area (Å²) < 4.78 is 0.903. The Bertz CT molecular complexity index is 1160. The molecule has 0 bridgehead atoms. The van der Waals surface area contributed by atoms with Crippen molar-refractivity contribution in [2.75, 3.05) is 10.6 Å². The summed E-state index contributed by atoms with van der Waals surface area (Å²) in [6, 6.07) is 13.1. The highest BCUT2D eigenvalue weighted by atomic mass is 79.9. The van der Waals surface area contributed by atoms with Crippen LogP contribution in [0, 0.1) is 6.92 Å². The number of hydrogen-bond acceptors (Lipinski definition) is 5. The lowest BCUT2D eigenvalue weighted by molar-refractivity contribution is 0.102. The summed E-state index contributed by atoms with van der Waals surface area (Å²) in [5.41, 5.74) is 13.7. The number of aromatic nitrogens is 2. The number of carbonyl (C=O) groups is 1. The van der Waals surface area contributed by atoms with Gasteiger partial charge in [-0.3, -0.25) is 10.1 Å². The largest absolute Gasteiger partial charge is 0.370 e. The lowest BCUT2D eigenvalue weighted by Gasteiger charge is -2.30. The summed E-state index contributed by atoms with van der Waals surface area (Å²) in [4.78, 5) is 26.4. The molecule has 1 amide bonds. The Kier molecular flexibility index (Phi) is 6.55. The molecule has 2 aromatic carbocycles. The Morgan fingerprint density at radius 3 is 2.59 bits per heavy atom. The topological polar surface area (TPSA) is 131 Å². The average Bonchev–Trinajstić information content (AvgIpc) is 2.75. The molecule has 1 fully saturated rings. The normalized spacial score (nSPS) is 18.2. The van der Waals surface area contributed by atoms with Crippen molar-refractivity contribution < 1.29 is 4.79 Å². The van der Waals surface area contributed by atoms with Crippen molar-refractivity contribution >= 4 is 50.5 Å². The molecule has 32 heavy (non-hydrogen) atoms. The third-order valence-corrected chi connectivity index (χ3v) is 6.08. The zero-order chi connectivity index (χ0) is 22.7. The Morgan fingerprint density at radius 2 is 1.84 bits per heavy atom. The molecule has 1 aromatic heterocycles. The number of nitrogens with two attached hydrogens (primary N) is 2. The smallest absolute Gasteiger partial charge is 0.258 e. The molecule has 2 atom stereocenters. The highest BCUT2D eigenvalue weighted by Crippen LogP contribution is 2.29. The quantitative estimate of drug-likeness (QED) is 0.313. The minimum atomic E-state index is -0.272. The van der Waals surface area contributed by atoms with E-state index in [1.54, 1.807) is 12.1 Å². The van der Waals surface area contributed by atoms with E-state index in [0.29, 0.717) is 11.4 Å². The van der Waals surface area contributed by atoms with Crippen molar-refractivity contribution in [2.45, 2.75) is 44.7 Å². The summed E-state index contributed by atoms with van der Waals surface area (Å²) in [5.74, 6) is 0.721. The monoisotopic (exact) mass is 495 g/mol. The van der Waals surface area contributed by atoms with Crippen LogP contribution in [0.5, 0.6) is 0 Å². The maximum Gasteiger partial charge on any atom is 0.258 e. The summed E-state index contributed by atoms with van der Waals surface area (Å²) >= 11 is 3.38. The second kappa shape index (κ2) is 9.52. The van der Waals surface area contributed by atoms with Crippen LogP contribution < -0.4 is 22.1 Å². The number of fused-ring (bicyclic) bond motifs is 1. The van der Waals surface area contributed by atoms with E-state index < -0.39 is 0 Å². The first-order valence-corrected chi connectivity index (χ1v) is 11.4. The molecule has 0 spiro atoms. The zero-order valence-corrected chi connectivity index (χ0v) is 19.4. The van der Waals surface area contributed by atoms with E-state index in [0.717, 1.165) is 46.6 Å². The van der Waals surface area contributed by atoms with Gasteiger partial charge in [0.15, 0.2) is 5.96 Å². The summed E-state index contributed by atoms with van der Waals surface area (Å²) in [6.45, 7) is 2.02. The average molecular weight is 496 g/mol. The van der Waals surface area contributed by atoms with Crippen molar-refractivity contribution in [1.29, 1.82) is 0 Å². The van der Waals surface area contributed by atoms with Gasteiger partial charge in [0.2, 0.25) is 5.95 Å². The maximum absolute atomic E-state index is 12.7. The Morgan fingerprint density at radius 1 is 1.09 bits per heavy atom. The van der Waals surface area contributed by atoms with E-state index in [-0.39, 0.29) is 29.9 Å². The number of nitrogens with zero attached hydrogens (tertiary/aromatic N) is 3. The number of hydrogen-bond donors (Lipinski definition) is 4. The highest BCUT2D eigenvalue weighted by molar-refractivity contribution is 9.10. The van der Waals surface area contributed by atoms with E-state index in [9.17, 15) is 4.79 Å². The molecule has 0 aliphatic heterocycles. The molecule has 2 unspecified atom stereocenters. The van der Waals surface area contributed by atoms with E-state index in [4.69, 9.17) is 11.5 Å². The zero-order valence-electron chi connectivity index (χ0n) is 17.8. The van der Waals surface area contributed by atoms with Gasteiger partial charge in [-0.1, -0.05) is 40.4 Å². The van der Waals surface area contributed by atoms with E-state index in [2.05, 4.69) is 41.5 Å². The second-order valence-corrected chi connectivity index (χ2v) is 8.95. The predicted octanol–water partition coefficient (Wildman–Crippen LogP) is 3.95. The van der Waals surface area contributed by atoms with Gasteiger partial charge in [-0.15, -0.1) is 0 Å². The molecule has 1 saturated carbocycles. The number of benzene rings is 2. The molecule has 9 heteroatoms. The van der Waals surface area contributed by atoms with Gasteiger partial charge in [-0.25, -0.2) is 9.98 Å². The van der Waals surface area contributed by atoms with Crippen LogP contribution >= 0.6 is 15.9 Å². The van der Waals surface area contributed by atoms with Crippen LogP contribution in [0.2, 0.25) is 0 Å². The molecule has 8 nitrogen and oxygen atoms in total. The van der Waals surface area contributed by atoms with Gasteiger partial charge in [0.05, 0.1) is 17.6 Å². The lowest BCUT2D eigenvalue weighted by atomic mass is 9.90. The molecule has 0 radical (unpaired) electrons. The van der Waals surface area contributed by atoms with Gasteiger partial charge < -0.3 is 16.8 Å². The fraction of sp³-hybridized carbons (Fsp3) is 0.304. The number of carbonyl (C=O) groups excluding carboxylic acids is 1. The fourth-order valence-electron chi connectivity index (χ4n) is 3.98. The van der Waals surface area contributed by atoms with Crippen LogP contribution in [0.4, 0.5) is 11.8 Å². The molecule has 3 aromatic rings. The number of halogens is 1. The molecule has 6 N–H and O–H groups in total. The summed E-state index contributed by atoms with van der Waals surface area (Å²) in [5, 5.41) is 7.25. The number of amides is 1. The van der Waals surface area contributed by atoms with Crippen LogP contribution in [-0.4, -0.2) is 33.9 Å². The van der Waals surface area contributed by atoms with Gasteiger partial charge >= 0.3 is 0 Å². The van der Waals surface area contributed by atoms with Crippen molar-refractivity contribution in [3.05, 3.63) is 58.1 Å². The van der Waals surface area contributed by atoms with Crippen LogP contribution in [0.15, 0.2) is 51.9 Å². The molecule has 4 rings (SSSR count). The first-order chi connectivity index (χ1) is 15.4. The van der Waals surface area contributed by atoms with Crippen LogP contribution in [-0.2, 0) is 0 Å². The van der Waals surface area contributed by atoms with Crippen molar-refractivity contribution in [3.8, 4) is 0 Å². The van der Waals surface area contributed by atoms with Gasteiger partial charge in [0.1, 0.15) is 5.82 Å². The van der Waals surface area contributed by atoms with Gasteiger partial charge in [0, 0.05) is 15.4 Å². The Labute approximate surface area is 195 Å². The molecule has 1 aliphatic carbocycles. The maximum atomic E-state index is 12.7. The fourth-order valence-corrected chi connectivity index (χ4v) is 4.25. The molecular weight excluding hydrogens is 470 g/mol. The first-order valence-electron chi connectivity index (χ1n) is 10.6. The number of rotatable bonds is 5. The number of aliphatic imine (C=N–C) groups is 1. The summed E-state index contributed by atoms with van der Waals surface area (Å²) in [7, 11) is 0. The molecular formula is C23H26BrN7O. The van der Waals surface area contributed by atoms with Crippen LogP contribution in [0.25, 0.3) is 10.9 Å². The van der Waals surface area contributed by atoms with Crippen LogP contribution in [0.3, 0.4) is 0 Å². The number of nitrogens with one attached hydrogen (secondary N) is 2. The van der Waals surface area contributed by atoms with E-state index in [1.165, 1.54) is 0 Å². The number of guanidine groups is 1. The van der Waals surface area contributed by atoms with E-state index in [1.807, 2.05) is 37.3 Å². The van der Waals surface area contributed by atoms with Crippen molar-refractivity contribution in [2.24, 2.45) is 16.5 Å². The van der Waals surface area contributed by atoms with Gasteiger partial charge in [0.25, 0.3) is 5.91 Å². The van der Waals surface area contributed by atoms with Crippen molar-refractivity contribution in [1.82, 2.24) is 9.97 Å². The second-order valence-electron chi connectivity index (χ2n) is 8.03. The van der Waals surface area contributed by atoms with Gasteiger partial charge in [-0.2, -0.15) is 4.98 Å². The Balaban J connectivity index is 1.67. The molecule has 166 valence electrons. The SMILES string of the molecule is Cc1ccc2nc(NC(=O)c3ccc(Br)cc3)nc(NC3CCCCC3N=C(N)N)c2c1. The third-order valence-electron chi connectivity index (χ3n) is 5.55. The number of anilines is 2. The first kappa shape index (κ1) is 22.0. The predicted molar refractivity (Wildman–Crippen MR) is 132 cm³/mol. The minimum Gasteiger partial charge on any atom is -0.370 e. The van der Waals surface area contributed by atoms with Gasteiger partial charge in [-0.05, 0) is 56.2 Å². The summed E-state index contributed by atoms with van der Waals surface area (Å²) in [6.07, 6.45) is 4.01. The molecule has 1 heterocycles. The van der Waals surface area contributed by atoms with E-state index >= 15 is 0 Å². The standard InChI is InChI=1S/C23H26BrN7O/c1-13-6-11-17-16(12-13)20(27-18-4-2-3-5-19(18)28-22(25)26)30-23(29-17)31-21(32)14-7-9-15(24)10-8-14/h6-12,18-19H,2-5H2,1H3,(H4,25,26,28)(H2,27,29,30,31,32). The highest BCUT2D eigenvalue weighted by Gasteiger charge is 2.26. The number of aryl methyl sites for hydroxylation is 1. The Hall–Kier alpha value is -3.20. The lowest BCUT2D eigenvalue weighted by Crippen LogP contribution is -2.38.